The van der Waals surface area contributed by atoms with Gasteiger partial charge < -0.3 is 15.2 Å². The first-order chi connectivity index (χ1) is 16.1. The lowest BCUT2D eigenvalue weighted by Crippen LogP contribution is -2.43. The zero-order chi connectivity index (χ0) is 22.8. The van der Waals surface area contributed by atoms with Gasteiger partial charge in [0.05, 0.1) is 0 Å². The van der Waals surface area contributed by atoms with Crippen molar-refractivity contribution in [1.82, 2.24) is 10.3 Å². The highest BCUT2D eigenvalue weighted by molar-refractivity contribution is 5.86. The van der Waals surface area contributed by atoms with Crippen molar-refractivity contribution in [3.63, 3.8) is 0 Å². The van der Waals surface area contributed by atoms with Crippen LogP contribution in [0.15, 0.2) is 85.2 Å². The molecule has 0 saturated heterocycles. The third-order valence-electron chi connectivity index (χ3n) is 6.11. The Bertz CT molecular complexity index is 1300. The van der Waals surface area contributed by atoms with Crippen molar-refractivity contribution in [2.75, 3.05) is 6.61 Å². The van der Waals surface area contributed by atoms with Crippen LogP contribution in [0.3, 0.4) is 0 Å². The molecule has 1 unspecified atom stereocenters. The number of fused-ring (bicyclic) bond motifs is 4. The minimum absolute atomic E-state index is 0.0892. The summed E-state index contributed by atoms with van der Waals surface area (Å²) in [4.78, 5) is 28.7. The van der Waals surface area contributed by atoms with E-state index in [4.69, 9.17) is 4.74 Å². The molecule has 0 bridgehead atoms. The second kappa shape index (κ2) is 8.74. The molecular formula is C27H22N2O4. The molecule has 5 rings (SSSR count). The Hall–Kier alpha value is -4.19. The van der Waals surface area contributed by atoms with Crippen LogP contribution in [-0.4, -0.2) is 34.8 Å². The second-order valence-corrected chi connectivity index (χ2v) is 8.08. The SMILES string of the molecule is O=C(NC(Cc1cncc2ccccc12)C(=O)O)OCC1c2ccccc2-c2ccccc21. The maximum Gasteiger partial charge on any atom is 0.407 e. The second-order valence-electron chi connectivity index (χ2n) is 8.08. The number of pyridine rings is 1. The summed E-state index contributed by atoms with van der Waals surface area (Å²) < 4.78 is 5.52. The Labute approximate surface area is 190 Å². The number of carbonyl (C=O) groups excluding carboxylic acids is 1. The number of hydrogen-bond acceptors (Lipinski definition) is 4. The number of nitrogens with one attached hydrogen (secondary N) is 1. The van der Waals surface area contributed by atoms with Gasteiger partial charge in [0.15, 0.2) is 0 Å². The Morgan fingerprint density at radius 2 is 1.55 bits per heavy atom. The number of hydrogen-bond donors (Lipinski definition) is 2. The molecule has 3 aromatic carbocycles. The molecule has 0 aliphatic heterocycles. The predicted molar refractivity (Wildman–Crippen MR) is 125 cm³/mol. The van der Waals surface area contributed by atoms with Crippen molar-refractivity contribution >= 4 is 22.8 Å². The van der Waals surface area contributed by atoms with E-state index in [0.29, 0.717) is 0 Å². The van der Waals surface area contributed by atoms with E-state index < -0.39 is 18.1 Å². The number of benzene rings is 3. The fraction of sp³-hybridized carbons (Fsp3) is 0.148. The summed E-state index contributed by atoms with van der Waals surface area (Å²) in [7, 11) is 0. The third-order valence-corrected chi connectivity index (χ3v) is 6.11. The van der Waals surface area contributed by atoms with E-state index in [1.807, 2.05) is 60.7 Å². The van der Waals surface area contributed by atoms with Crippen LogP contribution in [0.5, 0.6) is 0 Å². The number of nitrogens with zero attached hydrogens (tertiary/aromatic N) is 1. The molecule has 0 fully saturated rings. The summed E-state index contributed by atoms with van der Waals surface area (Å²) in [5.74, 6) is -1.22. The number of alkyl carbamates (subject to hydrolysis) is 1. The van der Waals surface area contributed by atoms with Gasteiger partial charge in [-0.3, -0.25) is 4.98 Å². The molecule has 0 radical (unpaired) electrons. The molecular weight excluding hydrogens is 416 g/mol. The van der Waals surface area contributed by atoms with E-state index in [2.05, 4.69) is 22.4 Å². The van der Waals surface area contributed by atoms with Crippen molar-refractivity contribution in [2.24, 2.45) is 0 Å². The van der Waals surface area contributed by atoms with Crippen LogP contribution in [0.1, 0.15) is 22.6 Å². The lowest BCUT2D eigenvalue weighted by atomic mass is 9.98. The number of amides is 1. The van der Waals surface area contributed by atoms with E-state index in [0.717, 1.165) is 38.6 Å². The smallest absolute Gasteiger partial charge is 0.407 e. The highest BCUT2D eigenvalue weighted by Crippen LogP contribution is 2.44. The summed E-state index contributed by atoms with van der Waals surface area (Å²) in [6.07, 6.45) is 2.72. The maximum atomic E-state index is 12.6. The zero-order valence-corrected chi connectivity index (χ0v) is 17.8. The molecule has 2 N–H and O–H groups in total. The first-order valence-electron chi connectivity index (χ1n) is 10.8. The standard InChI is InChI=1S/C27H22N2O4/c30-26(31)25(13-18-15-28-14-17-7-1-2-8-19(17)18)29-27(32)33-16-24-22-11-5-3-9-20(22)21-10-4-6-12-23(21)24/h1-12,14-15,24-25H,13,16H2,(H,29,32)(H,30,31). The summed E-state index contributed by atoms with van der Waals surface area (Å²) in [6.45, 7) is 0.127. The van der Waals surface area contributed by atoms with Crippen LogP contribution < -0.4 is 5.32 Å². The van der Waals surface area contributed by atoms with Crippen LogP contribution in [0.25, 0.3) is 21.9 Å². The Morgan fingerprint density at radius 1 is 0.909 bits per heavy atom. The van der Waals surface area contributed by atoms with Gasteiger partial charge in [-0.2, -0.15) is 0 Å². The molecule has 1 aromatic heterocycles. The highest BCUT2D eigenvalue weighted by atomic mass is 16.5. The number of carboxylic acids is 1. The molecule has 1 aliphatic rings. The van der Waals surface area contributed by atoms with E-state index >= 15 is 0 Å². The van der Waals surface area contributed by atoms with Gasteiger partial charge in [0.25, 0.3) is 0 Å². The van der Waals surface area contributed by atoms with Gasteiger partial charge in [-0.1, -0.05) is 72.8 Å². The first-order valence-corrected chi connectivity index (χ1v) is 10.8. The number of rotatable bonds is 6. The van der Waals surface area contributed by atoms with Crippen molar-refractivity contribution < 1.29 is 19.4 Å². The monoisotopic (exact) mass is 438 g/mol. The van der Waals surface area contributed by atoms with Crippen molar-refractivity contribution in [3.05, 3.63) is 102 Å². The van der Waals surface area contributed by atoms with E-state index in [1.165, 1.54) is 0 Å². The lowest BCUT2D eigenvalue weighted by Gasteiger charge is -2.18. The van der Waals surface area contributed by atoms with Crippen LogP contribution in [-0.2, 0) is 16.0 Å². The topological polar surface area (TPSA) is 88.5 Å². The minimum Gasteiger partial charge on any atom is -0.480 e. The number of carboxylic acid groups (broad SMARTS) is 1. The van der Waals surface area contributed by atoms with Crippen molar-refractivity contribution in [3.8, 4) is 11.1 Å². The molecule has 1 heterocycles. The van der Waals surface area contributed by atoms with Crippen LogP contribution in [0.2, 0.25) is 0 Å². The van der Waals surface area contributed by atoms with Crippen LogP contribution in [0.4, 0.5) is 4.79 Å². The average Bonchev–Trinajstić information content (AvgIpc) is 3.16. The van der Waals surface area contributed by atoms with Gasteiger partial charge in [0, 0.05) is 30.1 Å². The van der Waals surface area contributed by atoms with Gasteiger partial charge in [0.1, 0.15) is 12.6 Å². The zero-order valence-electron chi connectivity index (χ0n) is 17.8. The molecule has 1 amide bonds. The molecule has 1 aliphatic carbocycles. The number of aliphatic carboxylic acids is 1. The fourth-order valence-electron chi connectivity index (χ4n) is 4.54. The normalized spacial score (nSPS) is 13.2. The van der Waals surface area contributed by atoms with Crippen LogP contribution >= 0.6 is 0 Å². The Balaban J connectivity index is 1.29. The third kappa shape index (κ3) is 4.03. The van der Waals surface area contributed by atoms with E-state index in [-0.39, 0.29) is 18.9 Å². The molecule has 0 saturated carbocycles. The first kappa shape index (κ1) is 20.7. The largest absolute Gasteiger partial charge is 0.480 e. The molecule has 6 nitrogen and oxygen atoms in total. The molecule has 4 aromatic rings. The quantitative estimate of drug-likeness (QED) is 0.453. The number of carbonyl (C=O) groups is 2. The highest BCUT2D eigenvalue weighted by Gasteiger charge is 2.30. The number of ether oxygens (including phenoxy) is 1. The molecule has 6 heteroatoms. The summed E-state index contributed by atoms with van der Waals surface area (Å²) in [5, 5.41) is 14.0. The van der Waals surface area contributed by atoms with Crippen molar-refractivity contribution in [1.29, 1.82) is 0 Å². The Kier molecular flexibility index (Phi) is 5.48. The molecule has 33 heavy (non-hydrogen) atoms. The minimum atomic E-state index is -1.13. The average molecular weight is 438 g/mol. The van der Waals surface area contributed by atoms with Gasteiger partial charge in [-0.15, -0.1) is 0 Å². The maximum absolute atomic E-state index is 12.6. The predicted octanol–water partition coefficient (Wildman–Crippen LogP) is 4.77. The van der Waals surface area contributed by atoms with E-state index in [9.17, 15) is 14.7 Å². The summed E-state index contributed by atoms with van der Waals surface area (Å²) in [6, 6.07) is 22.6. The van der Waals surface area contributed by atoms with Crippen LogP contribution in [0, 0.1) is 0 Å². The summed E-state index contributed by atoms with van der Waals surface area (Å²) >= 11 is 0. The molecule has 1 atom stereocenters. The van der Waals surface area contributed by atoms with E-state index in [1.54, 1.807) is 12.4 Å². The van der Waals surface area contributed by atoms with Gasteiger partial charge in [0.2, 0.25) is 0 Å². The Morgan fingerprint density at radius 3 is 2.24 bits per heavy atom. The number of aromatic nitrogens is 1. The van der Waals surface area contributed by atoms with Crippen molar-refractivity contribution in [2.45, 2.75) is 18.4 Å². The molecule has 0 spiro atoms. The van der Waals surface area contributed by atoms with Gasteiger partial charge in [-0.25, -0.2) is 9.59 Å². The molecule has 164 valence electrons. The van der Waals surface area contributed by atoms with Gasteiger partial charge in [-0.05, 0) is 33.2 Å². The summed E-state index contributed by atoms with van der Waals surface area (Å²) in [5.41, 5.74) is 5.22. The lowest BCUT2D eigenvalue weighted by molar-refractivity contribution is -0.139. The van der Waals surface area contributed by atoms with Gasteiger partial charge >= 0.3 is 12.1 Å². The fourth-order valence-corrected chi connectivity index (χ4v) is 4.54.